The van der Waals surface area contributed by atoms with Crippen LogP contribution >= 0.6 is 0 Å². The molecule has 10 nitrogen and oxygen atoms in total. The molecule has 3 aliphatic rings. The van der Waals surface area contributed by atoms with Gasteiger partial charge in [0.25, 0.3) is 5.56 Å². The number of guanidine groups is 1. The molecule has 0 radical (unpaired) electrons. The number of carbonyl (C=O) groups excluding carboxylic acids is 1. The first-order valence-corrected chi connectivity index (χ1v) is 16.4. The van der Waals surface area contributed by atoms with Gasteiger partial charge in [-0.1, -0.05) is 32.9 Å². The van der Waals surface area contributed by atoms with Crippen LogP contribution in [-0.4, -0.2) is 50.9 Å². The molecular formula is C36H38F4N6O4. The van der Waals surface area contributed by atoms with Crippen LogP contribution in [0.25, 0.3) is 10.9 Å². The van der Waals surface area contributed by atoms with Gasteiger partial charge >= 0.3 is 12.1 Å². The topological polar surface area (TPSA) is 111 Å². The number of aromatic nitrogens is 3. The Hall–Kier alpha value is -5.01. The van der Waals surface area contributed by atoms with Crippen LogP contribution in [0, 0.1) is 29.0 Å². The first kappa shape index (κ1) is 34.8. The summed E-state index contributed by atoms with van der Waals surface area (Å²) >= 11 is 0. The molecule has 2 bridgehead atoms. The van der Waals surface area contributed by atoms with Gasteiger partial charge < -0.3 is 14.9 Å². The molecule has 3 aliphatic carbocycles. The lowest BCUT2D eigenvalue weighted by atomic mass is 9.44. The molecule has 0 aliphatic heterocycles. The second-order valence-electron chi connectivity index (χ2n) is 13.5. The van der Waals surface area contributed by atoms with Crippen LogP contribution in [0.1, 0.15) is 44.9 Å². The summed E-state index contributed by atoms with van der Waals surface area (Å²) in [4.78, 5) is 44.2. The SMILES string of the molecule is COc1ccc(CCn2cnc3cc(NC(=NCc4ccccn4)N(OC(=O)C(F)(F)F)C4CC5CC(C4C)C5(C)C)ccc3c2=O)c(F)c1. The first-order valence-electron chi connectivity index (χ1n) is 16.4. The molecule has 1 N–H and O–H groups in total. The Labute approximate surface area is 286 Å². The van der Waals surface area contributed by atoms with Crippen molar-refractivity contribution >= 4 is 28.5 Å². The summed E-state index contributed by atoms with van der Waals surface area (Å²) in [7, 11) is 1.45. The normalized spacial score (nSPS) is 21.3. The zero-order valence-electron chi connectivity index (χ0n) is 28.1. The van der Waals surface area contributed by atoms with E-state index in [1.165, 1.54) is 24.1 Å². The molecule has 4 unspecified atom stereocenters. The van der Waals surface area contributed by atoms with E-state index in [0.29, 0.717) is 34.6 Å². The zero-order valence-corrected chi connectivity index (χ0v) is 28.1. The second-order valence-corrected chi connectivity index (χ2v) is 13.5. The number of hydroxylamine groups is 2. The molecule has 0 saturated heterocycles. The number of fused-ring (bicyclic) bond motifs is 3. The molecule has 2 aromatic carbocycles. The summed E-state index contributed by atoms with van der Waals surface area (Å²) in [6, 6.07) is 13.8. The molecule has 0 amide bonds. The predicted molar refractivity (Wildman–Crippen MR) is 179 cm³/mol. The van der Waals surface area contributed by atoms with Crippen molar-refractivity contribution in [1.82, 2.24) is 19.6 Å². The number of rotatable bonds is 8. The van der Waals surface area contributed by atoms with E-state index < -0.39 is 24.0 Å². The summed E-state index contributed by atoms with van der Waals surface area (Å²) in [5.74, 6) is -2.21. The number of halogens is 4. The van der Waals surface area contributed by atoms with Gasteiger partial charge in [-0.25, -0.2) is 19.2 Å². The van der Waals surface area contributed by atoms with Crippen molar-refractivity contribution in [2.24, 2.45) is 28.2 Å². The standard InChI is InChI=1S/C36H38F4N6O4/c1-21-28-15-23(35(28,2)3)16-31(21)46(50-33(48)36(38,39)40)34(42-19-25-7-5-6-13-41-25)44-24-9-11-27-30(17-24)43-20-45(32(27)47)14-12-22-8-10-26(49-4)18-29(22)37/h5-11,13,17-18,20-21,23,28,31H,12,14-16,19H2,1-4H3,(H,42,44). The average Bonchev–Trinajstić information content (AvgIpc) is 3.09. The number of anilines is 1. The first-order chi connectivity index (χ1) is 23.8. The summed E-state index contributed by atoms with van der Waals surface area (Å²) in [5.41, 5.74) is 1.28. The van der Waals surface area contributed by atoms with Gasteiger partial charge in [0, 0.05) is 24.5 Å². The van der Waals surface area contributed by atoms with Crippen molar-refractivity contribution in [3.63, 3.8) is 0 Å². The Morgan fingerprint density at radius 1 is 1.12 bits per heavy atom. The van der Waals surface area contributed by atoms with Crippen LogP contribution in [-0.2, 0) is 29.1 Å². The molecule has 4 atom stereocenters. The number of methoxy groups -OCH3 is 1. The van der Waals surface area contributed by atoms with Gasteiger partial charge in [0.15, 0.2) is 0 Å². The van der Waals surface area contributed by atoms with E-state index in [0.717, 1.165) is 11.5 Å². The van der Waals surface area contributed by atoms with Gasteiger partial charge in [0.1, 0.15) is 11.6 Å². The second kappa shape index (κ2) is 13.7. The number of hydrogen-bond donors (Lipinski definition) is 1. The number of aliphatic imine (C=N–C) groups is 1. The highest BCUT2D eigenvalue weighted by Gasteiger charge is 2.59. The maximum absolute atomic E-state index is 14.5. The molecule has 2 aromatic heterocycles. The van der Waals surface area contributed by atoms with Crippen LogP contribution in [0.2, 0.25) is 0 Å². The largest absolute Gasteiger partial charge is 0.497 e. The van der Waals surface area contributed by atoms with E-state index in [4.69, 9.17) is 9.57 Å². The monoisotopic (exact) mass is 694 g/mol. The Morgan fingerprint density at radius 2 is 1.92 bits per heavy atom. The summed E-state index contributed by atoms with van der Waals surface area (Å²) in [6.07, 6.45) is -0.615. The highest BCUT2D eigenvalue weighted by Crippen LogP contribution is 2.62. The molecular weight excluding hydrogens is 656 g/mol. The van der Waals surface area contributed by atoms with Crippen molar-refractivity contribution in [2.75, 3.05) is 12.4 Å². The lowest BCUT2D eigenvalue weighted by Gasteiger charge is -2.62. The highest BCUT2D eigenvalue weighted by atomic mass is 19.4. The number of nitrogens with one attached hydrogen (secondary N) is 1. The highest BCUT2D eigenvalue weighted by molar-refractivity contribution is 5.96. The lowest BCUT2D eigenvalue weighted by Crippen LogP contribution is -2.62. The molecule has 4 aromatic rings. The Bertz CT molecular complexity index is 1970. The molecule has 50 heavy (non-hydrogen) atoms. The van der Waals surface area contributed by atoms with Crippen molar-refractivity contribution in [1.29, 1.82) is 0 Å². The number of carbonyl (C=O) groups is 1. The van der Waals surface area contributed by atoms with Gasteiger partial charge in [0.05, 0.1) is 42.6 Å². The summed E-state index contributed by atoms with van der Waals surface area (Å²) in [6.45, 7) is 6.44. The van der Waals surface area contributed by atoms with E-state index in [2.05, 4.69) is 34.1 Å². The van der Waals surface area contributed by atoms with Gasteiger partial charge in [-0.15, -0.1) is 0 Å². The van der Waals surface area contributed by atoms with Crippen molar-refractivity contribution in [2.45, 2.75) is 65.3 Å². The van der Waals surface area contributed by atoms with Crippen LogP contribution in [0.5, 0.6) is 5.75 Å². The Balaban J connectivity index is 1.31. The third kappa shape index (κ3) is 7.01. The number of pyridine rings is 1. The maximum atomic E-state index is 14.5. The van der Waals surface area contributed by atoms with E-state index in [1.807, 2.05) is 6.92 Å². The minimum atomic E-state index is -5.24. The number of hydrogen-bond acceptors (Lipinski definition) is 7. The third-order valence-electron chi connectivity index (χ3n) is 10.3. The Kier molecular flexibility index (Phi) is 9.56. The molecule has 2 heterocycles. The summed E-state index contributed by atoms with van der Waals surface area (Å²) in [5, 5.41) is 4.32. The van der Waals surface area contributed by atoms with E-state index in [-0.39, 0.29) is 59.6 Å². The van der Waals surface area contributed by atoms with Crippen LogP contribution in [0.3, 0.4) is 0 Å². The van der Waals surface area contributed by atoms with Crippen LogP contribution < -0.4 is 15.6 Å². The summed E-state index contributed by atoms with van der Waals surface area (Å²) < 4.78 is 61.8. The zero-order chi connectivity index (χ0) is 35.8. The predicted octanol–water partition coefficient (Wildman–Crippen LogP) is 6.54. The molecule has 14 heteroatoms. The molecule has 7 rings (SSSR count). The average molecular weight is 695 g/mol. The fraction of sp³-hybridized carbons (Fsp3) is 0.417. The molecule has 0 spiro atoms. The smallest absolute Gasteiger partial charge is 0.493 e. The number of benzene rings is 2. The quantitative estimate of drug-likeness (QED) is 0.0959. The van der Waals surface area contributed by atoms with E-state index >= 15 is 0 Å². The van der Waals surface area contributed by atoms with Crippen molar-refractivity contribution in [3.05, 3.63) is 94.5 Å². The van der Waals surface area contributed by atoms with Crippen LogP contribution in [0.15, 0.2) is 76.9 Å². The van der Waals surface area contributed by atoms with Crippen LogP contribution in [0.4, 0.5) is 23.2 Å². The molecule has 3 fully saturated rings. The minimum absolute atomic E-state index is 0.00797. The van der Waals surface area contributed by atoms with Gasteiger partial charge in [-0.2, -0.15) is 18.2 Å². The molecule has 264 valence electrons. The number of aryl methyl sites for hydroxylation is 2. The molecule has 3 saturated carbocycles. The van der Waals surface area contributed by atoms with Gasteiger partial charge in [0.2, 0.25) is 5.96 Å². The third-order valence-corrected chi connectivity index (χ3v) is 10.3. The fourth-order valence-corrected chi connectivity index (χ4v) is 7.28. The number of alkyl halides is 3. The number of ether oxygens (including phenoxy) is 1. The van der Waals surface area contributed by atoms with Crippen molar-refractivity contribution < 1.29 is 31.9 Å². The number of nitrogens with zero attached hydrogens (tertiary/aromatic N) is 5. The van der Waals surface area contributed by atoms with E-state index in [1.54, 1.807) is 54.7 Å². The van der Waals surface area contributed by atoms with Gasteiger partial charge in [-0.05, 0) is 84.4 Å². The fourth-order valence-electron chi connectivity index (χ4n) is 7.28. The lowest BCUT2D eigenvalue weighted by molar-refractivity contribution is -0.245. The van der Waals surface area contributed by atoms with Crippen molar-refractivity contribution in [3.8, 4) is 5.75 Å². The maximum Gasteiger partial charge on any atom is 0.493 e. The van der Waals surface area contributed by atoms with Gasteiger partial charge in [-0.3, -0.25) is 14.3 Å². The minimum Gasteiger partial charge on any atom is -0.497 e. The Morgan fingerprint density at radius 3 is 2.58 bits per heavy atom. The van der Waals surface area contributed by atoms with E-state index in [9.17, 15) is 27.2 Å².